The van der Waals surface area contributed by atoms with E-state index in [1.54, 1.807) is 29.8 Å². The second-order valence-electron chi connectivity index (χ2n) is 6.11. The van der Waals surface area contributed by atoms with Crippen molar-refractivity contribution in [2.24, 2.45) is 0 Å². The van der Waals surface area contributed by atoms with E-state index in [-0.39, 0.29) is 11.6 Å². The molecule has 0 fully saturated rings. The molecule has 0 saturated heterocycles. The van der Waals surface area contributed by atoms with Crippen molar-refractivity contribution in [2.75, 3.05) is 0 Å². The lowest BCUT2D eigenvalue weighted by atomic mass is 10.1. The van der Waals surface area contributed by atoms with Crippen molar-refractivity contribution in [1.82, 2.24) is 30.6 Å². The van der Waals surface area contributed by atoms with Gasteiger partial charge in [-0.1, -0.05) is 28.6 Å². The number of nitrogens with zero attached hydrogens (tertiary/aromatic N) is 5. The van der Waals surface area contributed by atoms with E-state index in [4.69, 9.17) is 4.52 Å². The quantitative estimate of drug-likeness (QED) is 0.757. The molecule has 1 N–H and O–H groups in total. The van der Waals surface area contributed by atoms with Crippen LogP contribution in [-0.2, 0) is 13.1 Å². The van der Waals surface area contributed by atoms with Crippen LogP contribution in [0, 0.1) is 13.8 Å². The van der Waals surface area contributed by atoms with Crippen molar-refractivity contribution < 1.29 is 14.1 Å². The third-order valence-corrected chi connectivity index (χ3v) is 4.24. The highest BCUT2D eigenvalue weighted by Crippen LogP contribution is 2.20. The van der Waals surface area contributed by atoms with E-state index < -0.39 is 5.91 Å². The number of hydrogen-bond donors (Lipinski definition) is 1. The number of benzene rings is 1. The Morgan fingerprint density at radius 3 is 2.85 bits per heavy atom. The smallest absolute Gasteiger partial charge is 0.292 e. The molecule has 1 aliphatic heterocycles. The van der Waals surface area contributed by atoms with E-state index in [9.17, 15) is 9.59 Å². The number of carbonyl (C=O) groups is 2. The Balaban J connectivity index is 1.48. The molecule has 0 aliphatic carbocycles. The molecule has 0 radical (unpaired) electrons. The van der Waals surface area contributed by atoms with Gasteiger partial charge < -0.3 is 4.52 Å². The Bertz CT molecular complexity index is 1010. The lowest BCUT2D eigenvalue weighted by Crippen LogP contribution is -2.42. The first-order valence-electron chi connectivity index (χ1n) is 8.06. The first-order valence-corrected chi connectivity index (χ1v) is 8.06. The third-order valence-electron chi connectivity index (χ3n) is 4.24. The normalized spacial score (nSPS) is 13.2. The molecule has 0 spiro atoms. The average molecular weight is 352 g/mol. The lowest BCUT2D eigenvalue weighted by Gasteiger charge is -2.16. The molecule has 3 aromatic rings. The number of fused-ring (bicyclic) bond motifs is 1. The number of aromatic nitrogens is 4. The molecule has 2 amide bonds. The van der Waals surface area contributed by atoms with E-state index in [0.717, 1.165) is 11.3 Å². The van der Waals surface area contributed by atoms with Gasteiger partial charge in [-0.05, 0) is 25.5 Å². The highest BCUT2D eigenvalue weighted by Gasteiger charge is 2.29. The largest absolute Gasteiger partial charge is 0.359 e. The number of hydrogen-bond acceptors (Lipinski definition) is 6. The number of amides is 2. The van der Waals surface area contributed by atoms with Crippen LogP contribution >= 0.6 is 0 Å². The predicted molar refractivity (Wildman–Crippen MR) is 88.9 cm³/mol. The fourth-order valence-electron chi connectivity index (χ4n) is 2.88. The minimum atomic E-state index is -0.483. The van der Waals surface area contributed by atoms with Crippen LogP contribution in [0.3, 0.4) is 0 Å². The maximum Gasteiger partial charge on any atom is 0.292 e. The van der Waals surface area contributed by atoms with Gasteiger partial charge in [0.2, 0.25) is 0 Å². The Kier molecular flexibility index (Phi) is 3.76. The van der Waals surface area contributed by atoms with E-state index in [2.05, 4.69) is 20.9 Å². The second-order valence-corrected chi connectivity index (χ2v) is 6.11. The van der Waals surface area contributed by atoms with Crippen LogP contribution in [-0.4, -0.2) is 37.0 Å². The average Bonchev–Trinajstić information content (AvgIpc) is 3.28. The summed E-state index contributed by atoms with van der Waals surface area (Å²) in [5.74, 6) is -0.104. The summed E-state index contributed by atoms with van der Waals surface area (Å²) in [6.45, 7) is 4.20. The van der Waals surface area contributed by atoms with Gasteiger partial charge in [0.05, 0.1) is 17.9 Å². The molecule has 3 heterocycles. The number of aryl methyl sites for hydroxylation is 1. The molecular formula is C17H16N6O3. The van der Waals surface area contributed by atoms with E-state index >= 15 is 0 Å². The molecule has 9 heteroatoms. The molecule has 2 aromatic heterocycles. The van der Waals surface area contributed by atoms with E-state index in [0.29, 0.717) is 30.1 Å². The van der Waals surface area contributed by atoms with Crippen molar-refractivity contribution in [3.63, 3.8) is 0 Å². The first kappa shape index (κ1) is 16.0. The van der Waals surface area contributed by atoms with Gasteiger partial charge in [-0.25, -0.2) is 9.69 Å². The van der Waals surface area contributed by atoms with Crippen LogP contribution in [0.5, 0.6) is 0 Å². The lowest BCUT2D eigenvalue weighted by molar-refractivity contribution is 0.0600. The van der Waals surface area contributed by atoms with Gasteiger partial charge in [0.1, 0.15) is 6.54 Å². The summed E-state index contributed by atoms with van der Waals surface area (Å²) < 4.78 is 6.71. The SMILES string of the molecule is Cc1cc(Cn2nnc(C(=O)NN3Cc4ccccc4C3=O)c2C)on1. The third kappa shape index (κ3) is 2.73. The molecule has 4 rings (SSSR count). The second kappa shape index (κ2) is 6.10. The molecular weight excluding hydrogens is 336 g/mol. The van der Waals surface area contributed by atoms with Crippen LogP contribution in [0.4, 0.5) is 0 Å². The fourth-order valence-corrected chi connectivity index (χ4v) is 2.88. The molecule has 0 atom stereocenters. The summed E-state index contributed by atoms with van der Waals surface area (Å²) in [6, 6.07) is 9.05. The van der Waals surface area contributed by atoms with Crippen LogP contribution in [0.25, 0.3) is 0 Å². The summed E-state index contributed by atoms with van der Waals surface area (Å²) in [7, 11) is 0. The maximum absolute atomic E-state index is 12.5. The fraction of sp³-hybridized carbons (Fsp3) is 0.235. The van der Waals surface area contributed by atoms with Gasteiger partial charge in [-0.15, -0.1) is 5.10 Å². The summed E-state index contributed by atoms with van der Waals surface area (Å²) >= 11 is 0. The Hall–Kier alpha value is -3.49. The molecule has 132 valence electrons. The zero-order valence-corrected chi connectivity index (χ0v) is 14.3. The number of rotatable bonds is 4. The van der Waals surface area contributed by atoms with Crippen molar-refractivity contribution in [2.45, 2.75) is 26.9 Å². The zero-order valence-electron chi connectivity index (χ0n) is 14.3. The predicted octanol–water partition coefficient (Wildman–Crippen LogP) is 1.23. The number of nitrogens with one attached hydrogen (secondary N) is 1. The topological polar surface area (TPSA) is 106 Å². The van der Waals surface area contributed by atoms with Gasteiger partial charge in [-0.3, -0.25) is 15.0 Å². The minimum absolute atomic E-state index is 0.157. The van der Waals surface area contributed by atoms with Gasteiger partial charge in [0, 0.05) is 11.6 Å². The number of hydrazine groups is 1. The molecule has 9 nitrogen and oxygen atoms in total. The molecule has 0 unspecified atom stereocenters. The van der Waals surface area contributed by atoms with Crippen LogP contribution in [0.15, 0.2) is 34.9 Å². The minimum Gasteiger partial charge on any atom is -0.359 e. The Morgan fingerprint density at radius 2 is 2.12 bits per heavy atom. The summed E-state index contributed by atoms with van der Waals surface area (Å²) in [5, 5.41) is 13.0. The van der Waals surface area contributed by atoms with Gasteiger partial charge in [0.25, 0.3) is 11.8 Å². The molecule has 1 aliphatic rings. The van der Waals surface area contributed by atoms with E-state index in [1.807, 2.05) is 19.1 Å². The van der Waals surface area contributed by atoms with Crippen LogP contribution in [0.2, 0.25) is 0 Å². The maximum atomic E-state index is 12.5. The molecule has 1 aromatic carbocycles. The highest BCUT2D eigenvalue weighted by molar-refractivity contribution is 6.01. The van der Waals surface area contributed by atoms with E-state index in [1.165, 1.54) is 5.01 Å². The monoisotopic (exact) mass is 352 g/mol. The Labute approximate surface area is 148 Å². The highest BCUT2D eigenvalue weighted by atomic mass is 16.5. The van der Waals surface area contributed by atoms with Crippen molar-refractivity contribution in [3.05, 3.63) is 64.3 Å². The molecule has 0 bridgehead atoms. The van der Waals surface area contributed by atoms with Crippen molar-refractivity contribution in [1.29, 1.82) is 0 Å². The summed E-state index contributed by atoms with van der Waals surface area (Å²) in [6.07, 6.45) is 0. The van der Waals surface area contributed by atoms with Crippen molar-refractivity contribution in [3.8, 4) is 0 Å². The number of carbonyl (C=O) groups excluding carboxylic acids is 2. The zero-order chi connectivity index (χ0) is 18.3. The van der Waals surface area contributed by atoms with Gasteiger partial charge in [0.15, 0.2) is 11.5 Å². The first-order chi connectivity index (χ1) is 12.5. The van der Waals surface area contributed by atoms with Gasteiger partial charge in [-0.2, -0.15) is 0 Å². The van der Waals surface area contributed by atoms with Crippen molar-refractivity contribution >= 4 is 11.8 Å². The summed E-state index contributed by atoms with van der Waals surface area (Å²) in [5.41, 5.74) is 5.57. The van der Waals surface area contributed by atoms with Gasteiger partial charge >= 0.3 is 0 Å². The Morgan fingerprint density at radius 1 is 1.31 bits per heavy atom. The van der Waals surface area contributed by atoms with Crippen LogP contribution in [0.1, 0.15) is 43.6 Å². The van der Waals surface area contributed by atoms with Crippen LogP contribution < -0.4 is 5.43 Å². The molecule has 0 saturated carbocycles. The molecule has 26 heavy (non-hydrogen) atoms. The summed E-state index contributed by atoms with van der Waals surface area (Å²) in [4.78, 5) is 24.9. The standard InChI is InChI=1S/C17H16N6O3/c1-10-7-13(26-20-10)9-22-11(2)15(18-21-22)16(24)19-23-8-12-5-3-4-6-14(12)17(23)25/h3-7H,8-9H2,1-2H3,(H,19,24).